The SMILES string of the molecule is CC(C(=O)NC(C)C(C)(C)CN(C)C)C1CNC1.Cl.Cl. The van der Waals surface area contributed by atoms with E-state index in [1.54, 1.807) is 0 Å². The number of carbonyl (C=O) groups is 1. The minimum atomic E-state index is 0. The summed E-state index contributed by atoms with van der Waals surface area (Å²) >= 11 is 0. The lowest BCUT2D eigenvalue weighted by Gasteiger charge is -2.37. The highest BCUT2D eigenvalue weighted by atomic mass is 35.5. The summed E-state index contributed by atoms with van der Waals surface area (Å²) in [6.45, 7) is 11.5. The van der Waals surface area contributed by atoms with Crippen LogP contribution in [0.3, 0.4) is 0 Å². The molecular formula is C14H31Cl2N3O. The zero-order valence-corrected chi connectivity index (χ0v) is 15.2. The van der Waals surface area contributed by atoms with Crippen molar-refractivity contribution in [3.63, 3.8) is 0 Å². The van der Waals surface area contributed by atoms with Crippen LogP contribution in [0.15, 0.2) is 0 Å². The van der Waals surface area contributed by atoms with E-state index in [1.807, 2.05) is 6.92 Å². The van der Waals surface area contributed by atoms with Gasteiger partial charge >= 0.3 is 0 Å². The quantitative estimate of drug-likeness (QED) is 0.781. The molecule has 0 bridgehead atoms. The molecule has 1 aliphatic heterocycles. The van der Waals surface area contributed by atoms with E-state index in [0.717, 1.165) is 19.6 Å². The second-order valence-electron chi connectivity index (χ2n) is 6.66. The Kier molecular flexibility index (Phi) is 10.1. The fourth-order valence-electron chi connectivity index (χ4n) is 2.37. The van der Waals surface area contributed by atoms with Gasteiger partial charge in [0, 0.05) is 18.5 Å². The molecule has 1 amide bonds. The van der Waals surface area contributed by atoms with Crippen molar-refractivity contribution >= 4 is 30.7 Å². The van der Waals surface area contributed by atoms with Crippen LogP contribution in [0.25, 0.3) is 0 Å². The van der Waals surface area contributed by atoms with Gasteiger partial charge in [0.25, 0.3) is 0 Å². The van der Waals surface area contributed by atoms with E-state index in [9.17, 15) is 4.79 Å². The maximum absolute atomic E-state index is 12.2. The third-order valence-electron chi connectivity index (χ3n) is 4.19. The third-order valence-corrected chi connectivity index (χ3v) is 4.19. The van der Waals surface area contributed by atoms with Crippen molar-refractivity contribution in [3.05, 3.63) is 0 Å². The van der Waals surface area contributed by atoms with Crippen LogP contribution in [0.5, 0.6) is 0 Å². The summed E-state index contributed by atoms with van der Waals surface area (Å²) in [5.74, 6) is 0.818. The van der Waals surface area contributed by atoms with Gasteiger partial charge in [-0.05, 0) is 45.4 Å². The average Bonchev–Trinajstić information content (AvgIpc) is 2.12. The Balaban J connectivity index is 0. The van der Waals surface area contributed by atoms with Crippen LogP contribution in [-0.4, -0.2) is 50.6 Å². The first-order chi connectivity index (χ1) is 8.24. The van der Waals surface area contributed by atoms with E-state index >= 15 is 0 Å². The summed E-state index contributed by atoms with van der Waals surface area (Å²) in [4.78, 5) is 14.3. The molecule has 1 rings (SSSR count). The van der Waals surface area contributed by atoms with Crippen molar-refractivity contribution < 1.29 is 4.79 Å². The molecule has 0 aromatic heterocycles. The number of carbonyl (C=O) groups excluding carboxylic acids is 1. The largest absolute Gasteiger partial charge is 0.353 e. The second kappa shape index (κ2) is 9.08. The average molecular weight is 328 g/mol. The van der Waals surface area contributed by atoms with Gasteiger partial charge < -0.3 is 15.5 Å². The van der Waals surface area contributed by atoms with Crippen molar-refractivity contribution in [2.75, 3.05) is 33.7 Å². The summed E-state index contributed by atoms with van der Waals surface area (Å²) in [6, 6.07) is 0.183. The lowest BCUT2D eigenvalue weighted by molar-refractivity contribution is -0.128. The molecule has 1 aliphatic rings. The molecule has 0 spiro atoms. The van der Waals surface area contributed by atoms with Crippen molar-refractivity contribution in [1.82, 2.24) is 15.5 Å². The van der Waals surface area contributed by atoms with Gasteiger partial charge in [0.2, 0.25) is 5.91 Å². The molecular weight excluding hydrogens is 297 g/mol. The van der Waals surface area contributed by atoms with Crippen LogP contribution < -0.4 is 10.6 Å². The Morgan fingerprint density at radius 1 is 1.30 bits per heavy atom. The number of nitrogens with zero attached hydrogens (tertiary/aromatic N) is 1. The summed E-state index contributed by atoms with van der Waals surface area (Å²) in [5.41, 5.74) is 0.0801. The number of rotatable bonds is 6. The fraction of sp³-hybridized carbons (Fsp3) is 0.929. The second-order valence-corrected chi connectivity index (χ2v) is 6.66. The summed E-state index contributed by atoms with van der Waals surface area (Å²) < 4.78 is 0. The highest BCUT2D eigenvalue weighted by molar-refractivity contribution is 5.85. The predicted molar refractivity (Wildman–Crippen MR) is 90.0 cm³/mol. The van der Waals surface area contributed by atoms with Gasteiger partial charge in [-0.2, -0.15) is 0 Å². The maximum atomic E-state index is 12.2. The first kappa shape index (κ1) is 22.3. The Hall–Kier alpha value is -0.0300. The third kappa shape index (κ3) is 6.17. The van der Waals surface area contributed by atoms with Gasteiger partial charge in [-0.1, -0.05) is 20.8 Å². The van der Waals surface area contributed by atoms with Crippen molar-refractivity contribution in [3.8, 4) is 0 Å². The zero-order valence-electron chi connectivity index (χ0n) is 13.5. The van der Waals surface area contributed by atoms with E-state index in [0.29, 0.717) is 5.92 Å². The molecule has 0 aliphatic carbocycles. The molecule has 2 atom stereocenters. The molecule has 1 saturated heterocycles. The van der Waals surface area contributed by atoms with Crippen LogP contribution in [0, 0.1) is 17.3 Å². The van der Waals surface area contributed by atoms with Crippen molar-refractivity contribution in [2.45, 2.75) is 33.7 Å². The minimum absolute atomic E-state index is 0. The van der Waals surface area contributed by atoms with Crippen LogP contribution >= 0.6 is 24.8 Å². The van der Waals surface area contributed by atoms with Gasteiger partial charge in [0.15, 0.2) is 0 Å². The monoisotopic (exact) mass is 327 g/mol. The van der Waals surface area contributed by atoms with E-state index in [-0.39, 0.29) is 48.1 Å². The standard InChI is InChI=1S/C14H29N3O.2ClH/c1-10(12-7-15-8-12)13(18)16-11(2)14(3,4)9-17(5)6;;/h10-12,15H,7-9H2,1-6H3,(H,16,18);2*1H. The number of halogens is 2. The molecule has 6 heteroatoms. The van der Waals surface area contributed by atoms with Crippen LogP contribution in [0.2, 0.25) is 0 Å². The molecule has 0 aromatic carbocycles. The van der Waals surface area contributed by atoms with E-state index in [2.05, 4.69) is 50.4 Å². The number of amides is 1. The normalized spacial score (nSPS) is 18.4. The Bertz CT molecular complexity index is 294. The molecule has 0 radical (unpaired) electrons. The summed E-state index contributed by atoms with van der Waals surface area (Å²) in [5, 5.41) is 6.40. The lowest BCUT2D eigenvalue weighted by Crippen LogP contribution is -2.53. The molecule has 4 nitrogen and oxygen atoms in total. The summed E-state index contributed by atoms with van der Waals surface area (Å²) in [7, 11) is 4.14. The number of hydrogen-bond donors (Lipinski definition) is 2. The fourth-order valence-corrected chi connectivity index (χ4v) is 2.37. The number of nitrogens with one attached hydrogen (secondary N) is 2. The molecule has 122 valence electrons. The number of hydrogen-bond acceptors (Lipinski definition) is 3. The zero-order chi connectivity index (χ0) is 13.9. The van der Waals surface area contributed by atoms with E-state index in [4.69, 9.17) is 0 Å². The first-order valence-electron chi connectivity index (χ1n) is 6.90. The molecule has 0 saturated carbocycles. The van der Waals surface area contributed by atoms with Crippen LogP contribution in [-0.2, 0) is 4.79 Å². The molecule has 20 heavy (non-hydrogen) atoms. The molecule has 2 unspecified atom stereocenters. The van der Waals surface area contributed by atoms with Gasteiger partial charge in [0.1, 0.15) is 0 Å². The smallest absolute Gasteiger partial charge is 0.223 e. The van der Waals surface area contributed by atoms with Crippen LogP contribution in [0.4, 0.5) is 0 Å². The molecule has 0 aromatic rings. The van der Waals surface area contributed by atoms with Crippen molar-refractivity contribution in [1.29, 1.82) is 0 Å². The molecule has 2 N–H and O–H groups in total. The first-order valence-corrected chi connectivity index (χ1v) is 6.90. The topological polar surface area (TPSA) is 44.4 Å². The minimum Gasteiger partial charge on any atom is -0.353 e. The van der Waals surface area contributed by atoms with Gasteiger partial charge in [-0.3, -0.25) is 4.79 Å². The lowest BCUT2D eigenvalue weighted by atomic mass is 9.83. The molecule has 1 fully saturated rings. The van der Waals surface area contributed by atoms with Gasteiger partial charge in [-0.25, -0.2) is 0 Å². The highest BCUT2D eigenvalue weighted by Crippen LogP contribution is 2.23. The van der Waals surface area contributed by atoms with E-state index in [1.165, 1.54) is 0 Å². The van der Waals surface area contributed by atoms with Gasteiger partial charge in [-0.15, -0.1) is 24.8 Å². The highest BCUT2D eigenvalue weighted by Gasteiger charge is 2.32. The van der Waals surface area contributed by atoms with Crippen LogP contribution in [0.1, 0.15) is 27.7 Å². The van der Waals surface area contributed by atoms with Gasteiger partial charge in [0.05, 0.1) is 0 Å². The molecule has 1 heterocycles. The summed E-state index contributed by atoms with van der Waals surface area (Å²) in [6.07, 6.45) is 0. The Morgan fingerprint density at radius 2 is 1.80 bits per heavy atom. The predicted octanol–water partition coefficient (Wildman–Crippen LogP) is 1.78. The van der Waals surface area contributed by atoms with Crippen molar-refractivity contribution in [2.24, 2.45) is 17.3 Å². The maximum Gasteiger partial charge on any atom is 0.223 e. The Labute approximate surface area is 136 Å². The van der Waals surface area contributed by atoms with E-state index < -0.39 is 0 Å². The Morgan fingerprint density at radius 3 is 2.15 bits per heavy atom.